The number of benzene rings is 1. The van der Waals surface area contributed by atoms with Crippen LogP contribution in [-0.4, -0.2) is 33.7 Å². The Morgan fingerprint density at radius 2 is 2.21 bits per heavy atom. The van der Waals surface area contributed by atoms with Gasteiger partial charge in [-0.1, -0.05) is 0 Å². The highest BCUT2D eigenvalue weighted by Gasteiger charge is 2.18. The summed E-state index contributed by atoms with van der Waals surface area (Å²) in [6.07, 6.45) is 0.444. The summed E-state index contributed by atoms with van der Waals surface area (Å²) in [6.45, 7) is 2.69. The fourth-order valence-electron chi connectivity index (χ4n) is 2.08. The third-order valence-electron chi connectivity index (χ3n) is 3.36. The number of aromatic hydroxyl groups is 1. The van der Waals surface area contributed by atoms with Crippen molar-refractivity contribution in [1.82, 2.24) is 14.5 Å². The van der Waals surface area contributed by atoms with Gasteiger partial charge in [0.25, 0.3) is 0 Å². The predicted octanol–water partition coefficient (Wildman–Crippen LogP) is 2.28. The van der Waals surface area contributed by atoms with Gasteiger partial charge in [0.15, 0.2) is 0 Å². The lowest BCUT2D eigenvalue weighted by atomic mass is 10.2. The van der Waals surface area contributed by atoms with Gasteiger partial charge < -0.3 is 9.67 Å². The van der Waals surface area contributed by atoms with Crippen molar-refractivity contribution in [1.29, 1.82) is 5.26 Å². The number of hydrogen-bond acceptors (Lipinski definition) is 4. The molecule has 100 valence electrons. The number of imidazole rings is 1. The molecule has 5 heteroatoms. The van der Waals surface area contributed by atoms with E-state index in [1.807, 2.05) is 20.2 Å². The molecule has 0 saturated heterocycles. The zero-order chi connectivity index (χ0) is 14.0. The van der Waals surface area contributed by atoms with Crippen molar-refractivity contribution < 1.29 is 5.11 Å². The average Bonchev–Trinajstić information content (AvgIpc) is 2.72. The fourth-order valence-corrected chi connectivity index (χ4v) is 2.08. The second kappa shape index (κ2) is 5.29. The second-order valence-electron chi connectivity index (χ2n) is 4.84. The molecular formula is C14H18N4O. The Labute approximate surface area is 112 Å². The number of hydrogen-bond donors (Lipinski definition) is 1. The Bertz CT molecular complexity index is 624. The number of nitriles is 1. The van der Waals surface area contributed by atoms with E-state index in [2.05, 4.69) is 27.4 Å². The summed E-state index contributed by atoms with van der Waals surface area (Å²) in [5.74, 6) is 1.13. The van der Waals surface area contributed by atoms with Crippen molar-refractivity contribution >= 4 is 11.0 Å². The highest BCUT2D eigenvalue weighted by atomic mass is 16.3. The molecule has 5 nitrogen and oxygen atoms in total. The first-order valence-electron chi connectivity index (χ1n) is 6.27. The number of rotatable bonds is 4. The molecule has 0 saturated carbocycles. The minimum absolute atomic E-state index is 0.147. The Hall–Kier alpha value is -2.06. The SMILES string of the molecule is CC(c1nc2cc(O)ccc2n1CCC#N)N(C)C. The van der Waals surface area contributed by atoms with Crippen molar-refractivity contribution in [2.45, 2.75) is 25.9 Å². The van der Waals surface area contributed by atoms with Crippen LogP contribution in [0.25, 0.3) is 11.0 Å². The number of aryl methyl sites for hydroxylation is 1. The monoisotopic (exact) mass is 258 g/mol. The van der Waals surface area contributed by atoms with Gasteiger partial charge in [0, 0.05) is 12.6 Å². The van der Waals surface area contributed by atoms with Crippen LogP contribution in [0.3, 0.4) is 0 Å². The van der Waals surface area contributed by atoms with Crippen LogP contribution in [0.4, 0.5) is 0 Å². The van der Waals surface area contributed by atoms with E-state index < -0.39 is 0 Å². The van der Waals surface area contributed by atoms with Crippen LogP contribution in [0.5, 0.6) is 5.75 Å². The summed E-state index contributed by atoms with van der Waals surface area (Å²) in [5.41, 5.74) is 1.72. The summed E-state index contributed by atoms with van der Waals surface area (Å²) in [6, 6.07) is 7.47. The van der Waals surface area contributed by atoms with Crippen molar-refractivity contribution in [2.24, 2.45) is 0 Å². The van der Waals surface area contributed by atoms with Crippen LogP contribution >= 0.6 is 0 Å². The average molecular weight is 258 g/mol. The maximum absolute atomic E-state index is 9.54. The minimum atomic E-state index is 0.147. The summed E-state index contributed by atoms with van der Waals surface area (Å²) in [7, 11) is 3.99. The maximum atomic E-state index is 9.54. The van der Waals surface area contributed by atoms with E-state index in [0.29, 0.717) is 13.0 Å². The molecule has 19 heavy (non-hydrogen) atoms. The van der Waals surface area contributed by atoms with Crippen LogP contribution in [0.15, 0.2) is 18.2 Å². The highest BCUT2D eigenvalue weighted by Crippen LogP contribution is 2.26. The molecular weight excluding hydrogens is 240 g/mol. The summed E-state index contributed by atoms with van der Waals surface area (Å²) in [4.78, 5) is 6.67. The fraction of sp³-hybridized carbons (Fsp3) is 0.429. The van der Waals surface area contributed by atoms with Crippen molar-refractivity contribution in [2.75, 3.05) is 14.1 Å². The third-order valence-corrected chi connectivity index (χ3v) is 3.36. The smallest absolute Gasteiger partial charge is 0.127 e. The van der Waals surface area contributed by atoms with E-state index >= 15 is 0 Å². The molecule has 0 aliphatic heterocycles. The lowest BCUT2D eigenvalue weighted by Crippen LogP contribution is -2.21. The quantitative estimate of drug-likeness (QED) is 0.913. The molecule has 0 aliphatic carbocycles. The van der Waals surface area contributed by atoms with E-state index in [4.69, 9.17) is 5.26 Å². The molecule has 1 aromatic heterocycles. The van der Waals surface area contributed by atoms with Gasteiger partial charge in [-0.2, -0.15) is 5.26 Å². The van der Waals surface area contributed by atoms with E-state index in [1.165, 1.54) is 0 Å². The Morgan fingerprint density at radius 3 is 2.84 bits per heavy atom. The van der Waals surface area contributed by atoms with E-state index in [1.54, 1.807) is 12.1 Å². The van der Waals surface area contributed by atoms with Crippen LogP contribution in [0.1, 0.15) is 25.2 Å². The molecule has 0 bridgehead atoms. The van der Waals surface area contributed by atoms with Gasteiger partial charge in [0.05, 0.1) is 29.6 Å². The van der Waals surface area contributed by atoms with Gasteiger partial charge in [-0.15, -0.1) is 0 Å². The lowest BCUT2D eigenvalue weighted by molar-refractivity contribution is 0.302. The molecule has 1 heterocycles. The lowest BCUT2D eigenvalue weighted by Gasteiger charge is -2.20. The Morgan fingerprint density at radius 1 is 1.47 bits per heavy atom. The molecule has 1 unspecified atom stereocenters. The molecule has 2 rings (SSSR count). The first-order chi connectivity index (χ1) is 9.04. The van der Waals surface area contributed by atoms with Crippen LogP contribution in [0, 0.1) is 11.3 Å². The van der Waals surface area contributed by atoms with Crippen molar-refractivity contribution in [3.05, 3.63) is 24.0 Å². The van der Waals surface area contributed by atoms with Crippen molar-refractivity contribution in [3.8, 4) is 11.8 Å². The van der Waals surface area contributed by atoms with Gasteiger partial charge >= 0.3 is 0 Å². The van der Waals surface area contributed by atoms with Gasteiger partial charge in [-0.25, -0.2) is 4.98 Å². The van der Waals surface area contributed by atoms with E-state index in [9.17, 15) is 5.11 Å². The number of nitrogens with zero attached hydrogens (tertiary/aromatic N) is 4. The molecule has 0 fully saturated rings. The first-order valence-corrected chi connectivity index (χ1v) is 6.27. The van der Waals surface area contributed by atoms with Crippen molar-refractivity contribution in [3.63, 3.8) is 0 Å². The third kappa shape index (κ3) is 2.54. The van der Waals surface area contributed by atoms with Crippen LogP contribution in [-0.2, 0) is 6.54 Å². The van der Waals surface area contributed by atoms with Gasteiger partial charge in [0.1, 0.15) is 11.6 Å². The second-order valence-corrected chi connectivity index (χ2v) is 4.84. The highest BCUT2D eigenvalue weighted by molar-refractivity contribution is 5.77. The van der Waals surface area contributed by atoms with E-state index in [0.717, 1.165) is 16.9 Å². The minimum Gasteiger partial charge on any atom is -0.508 e. The Kier molecular flexibility index (Phi) is 3.72. The zero-order valence-corrected chi connectivity index (χ0v) is 11.5. The number of fused-ring (bicyclic) bond motifs is 1. The molecule has 1 N–H and O–H groups in total. The van der Waals surface area contributed by atoms with E-state index in [-0.39, 0.29) is 11.8 Å². The topological polar surface area (TPSA) is 65.1 Å². The molecule has 1 atom stereocenters. The zero-order valence-electron chi connectivity index (χ0n) is 11.5. The van der Waals surface area contributed by atoms with Gasteiger partial charge in [-0.05, 0) is 33.2 Å². The molecule has 0 amide bonds. The van der Waals surface area contributed by atoms with Crippen LogP contribution < -0.4 is 0 Å². The van der Waals surface area contributed by atoms with Gasteiger partial charge in [-0.3, -0.25) is 4.90 Å². The molecule has 0 spiro atoms. The molecule has 0 aliphatic rings. The first kappa shape index (κ1) is 13.4. The number of phenolic OH excluding ortho intramolecular Hbond substituents is 1. The molecule has 2 aromatic rings. The molecule has 0 radical (unpaired) electrons. The Balaban J connectivity index is 2.57. The summed E-state index contributed by atoms with van der Waals surface area (Å²) < 4.78 is 2.06. The normalized spacial score (nSPS) is 12.8. The van der Waals surface area contributed by atoms with Gasteiger partial charge in [0.2, 0.25) is 0 Å². The molecule has 1 aromatic carbocycles. The maximum Gasteiger partial charge on any atom is 0.127 e. The standard InChI is InChI=1S/C14H18N4O/c1-10(17(2)3)14-16-12-9-11(19)5-6-13(12)18(14)8-4-7-15/h5-6,9-10,19H,4,8H2,1-3H3. The summed E-state index contributed by atoms with van der Waals surface area (Å²) >= 11 is 0. The number of aromatic nitrogens is 2. The largest absolute Gasteiger partial charge is 0.508 e. The van der Waals surface area contributed by atoms with Crippen LogP contribution in [0.2, 0.25) is 0 Å². The summed E-state index contributed by atoms with van der Waals surface area (Å²) in [5, 5.41) is 18.3. The number of phenols is 1. The predicted molar refractivity (Wildman–Crippen MR) is 73.7 cm³/mol.